The van der Waals surface area contributed by atoms with E-state index in [2.05, 4.69) is 0 Å². The zero-order valence-electron chi connectivity index (χ0n) is 4.84. The monoisotopic (exact) mass is 110 g/mol. The van der Waals surface area contributed by atoms with Gasteiger partial charge in [-0.2, -0.15) is 0 Å². The standard InChI is InChI=1S/C5H9BNO/c8-5-6-7-3-1-2-4-7/h5H,1-4H2. The molecule has 43 valence electrons. The molecule has 0 spiro atoms. The maximum atomic E-state index is 9.86. The van der Waals surface area contributed by atoms with Gasteiger partial charge in [0.05, 0.1) is 6.19 Å². The van der Waals surface area contributed by atoms with E-state index in [9.17, 15) is 4.79 Å². The van der Waals surface area contributed by atoms with Crippen molar-refractivity contribution in [1.82, 2.24) is 4.81 Å². The summed E-state index contributed by atoms with van der Waals surface area (Å²) in [5.41, 5.74) is 0. The van der Waals surface area contributed by atoms with E-state index < -0.39 is 0 Å². The van der Waals surface area contributed by atoms with Gasteiger partial charge in [0.1, 0.15) is 0 Å². The van der Waals surface area contributed by atoms with Crippen molar-refractivity contribution in [3.8, 4) is 0 Å². The van der Waals surface area contributed by atoms with Crippen LogP contribution in [0.15, 0.2) is 0 Å². The molecule has 0 saturated carbocycles. The van der Waals surface area contributed by atoms with Gasteiger partial charge in [-0.05, 0) is 25.9 Å². The Morgan fingerprint density at radius 2 is 2.00 bits per heavy atom. The molecule has 1 saturated heterocycles. The fourth-order valence-corrected chi connectivity index (χ4v) is 0.977. The minimum Gasteiger partial charge on any atom is -0.340 e. The van der Waals surface area contributed by atoms with Gasteiger partial charge in [-0.25, -0.2) is 0 Å². The number of hydrogen-bond acceptors (Lipinski definition) is 2. The second-order valence-electron chi connectivity index (χ2n) is 2.03. The summed E-state index contributed by atoms with van der Waals surface area (Å²) in [7, 11) is 1.62. The van der Waals surface area contributed by atoms with Crippen LogP contribution in [-0.4, -0.2) is 31.5 Å². The lowest BCUT2D eigenvalue weighted by atomic mass is 9.96. The lowest BCUT2D eigenvalue weighted by Crippen LogP contribution is -2.24. The summed E-state index contributed by atoms with van der Waals surface area (Å²) in [6.07, 6.45) is 3.33. The fraction of sp³-hybridized carbons (Fsp3) is 0.800. The Balaban J connectivity index is 2.14. The van der Waals surface area contributed by atoms with Gasteiger partial charge in [0.15, 0.2) is 0 Å². The summed E-state index contributed by atoms with van der Waals surface area (Å²) in [4.78, 5) is 11.9. The average molecular weight is 110 g/mol. The first-order chi connectivity index (χ1) is 3.93. The predicted molar refractivity (Wildman–Crippen MR) is 33.3 cm³/mol. The maximum absolute atomic E-state index is 9.86. The minimum absolute atomic E-state index is 0.852. The third-order valence-corrected chi connectivity index (χ3v) is 1.41. The van der Waals surface area contributed by atoms with E-state index in [-0.39, 0.29) is 0 Å². The summed E-state index contributed by atoms with van der Waals surface area (Å²) < 4.78 is 0. The molecule has 0 amide bonds. The topological polar surface area (TPSA) is 20.3 Å². The summed E-state index contributed by atoms with van der Waals surface area (Å²) >= 11 is 0. The van der Waals surface area contributed by atoms with Crippen LogP contribution in [0.2, 0.25) is 0 Å². The molecule has 1 aliphatic heterocycles. The van der Waals surface area contributed by atoms with Crippen molar-refractivity contribution in [2.24, 2.45) is 0 Å². The van der Waals surface area contributed by atoms with E-state index in [4.69, 9.17) is 0 Å². The smallest absolute Gasteiger partial charge is 0.293 e. The molecule has 0 N–H and O–H groups in total. The van der Waals surface area contributed by atoms with Crippen LogP contribution in [0.1, 0.15) is 12.8 Å². The van der Waals surface area contributed by atoms with Crippen LogP contribution in [0, 0.1) is 0 Å². The first-order valence-corrected chi connectivity index (χ1v) is 2.96. The van der Waals surface area contributed by atoms with Crippen molar-refractivity contribution >= 4 is 13.6 Å². The molecule has 0 unspecified atom stereocenters. The summed E-state index contributed by atoms with van der Waals surface area (Å²) in [5.74, 6) is 0. The summed E-state index contributed by atoms with van der Waals surface area (Å²) in [6, 6.07) is 0. The molecular formula is C5H9BNO. The van der Waals surface area contributed by atoms with E-state index in [1.54, 1.807) is 7.41 Å². The quantitative estimate of drug-likeness (QED) is 0.365. The molecule has 1 radical (unpaired) electrons. The number of hydrogen-bond donors (Lipinski definition) is 0. The molecule has 3 heteroatoms. The highest BCUT2D eigenvalue weighted by atomic mass is 16.1. The zero-order chi connectivity index (χ0) is 5.82. The van der Waals surface area contributed by atoms with Crippen LogP contribution in [0.4, 0.5) is 0 Å². The molecule has 0 atom stereocenters. The number of nitrogens with zero attached hydrogens (tertiary/aromatic N) is 1. The molecule has 0 aromatic heterocycles. The molecular weight excluding hydrogens is 101 g/mol. The number of carbonyl (C=O) groups excluding carboxylic acids is 1. The lowest BCUT2D eigenvalue weighted by Gasteiger charge is -2.06. The van der Waals surface area contributed by atoms with Crippen molar-refractivity contribution in [2.75, 3.05) is 13.1 Å². The molecule has 2 nitrogen and oxygen atoms in total. The van der Waals surface area contributed by atoms with Gasteiger partial charge in [-0.15, -0.1) is 0 Å². The molecule has 1 aliphatic rings. The third-order valence-electron chi connectivity index (χ3n) is 1.41. The number of rotatable bonds is 2. The van der Waals surface area contributed by atoms with Crippen molar-refractivity contribution in [1.29, 1.82) is 0 Å². The Bertz CT molecular complexity index is 80.5. The highest BCUT2D eigenvalue weighted by molar-refractivity contribution is 6.64. The largest absolute Gasteiger partial charge is 0.340 e. The van der Waals surface area contributed by atoms with Crippen LogP contribution < -0.4 is 0 Å². The first kappa shape index (κ1) is 5.82. The number of carbonyl (C=O) groups is 1. The molecule has 0 aliphatic carbocycles. The van der Waals surface area contributed by atoms with Gasteiger partial charge < -0.3 is 9.61 Å². The molecule has 0 aromatic carbocycles. The Labute approximate surface area is 50.1 Å². The Morgan fingerprint density at radius 3 is 2.50 bits per heavy atom. The molecule has 1 heterocycles. The van der Waals surface area contributed by atoms with Crippen LogP contribution in [0.5, 0.6) is 0 Å². The van der Waals surface area contributed by atoms with Gasteiger partial charge in [-0.3, -0.25) is 0 Å². The normalized spacial score (nSPS) is 21.0. The van der Waals surface area contributed by atoms with E-state index in [0.717, 1.165) is 19.3 Å². The van der Waals surface area contributed by atoms with Gasteiger partial charge in [0.25, 0.3) is 7.41 Å². The Kier molecular flexibility index (Phi) is 2.09. The zero-order valence-corrected chi connectivity index (χ0v) is 4.84. The van der Waals surface area contributed by atoms with Crippen LogP contribution >= 0.6 is 0 Å². The summed E-state index contributed by atoms with van der Waals surface area (Å²) in [6.45, 7) is 2.14. The maximum Gasteiger partial charge on any atom is 0.293 e. The van der Waals surface area contributed by atoms with Crippen LogP contribution in [-0.2, 0) is 4.79 Å². The minimum atomic E-state index is 0.852. The predicted octanol–water partition coefficient (Wildman–Crippen LogP) is -0.108. The van der Waals surface area contributed by atoms with Crippen molar-refractivity contribution < 1.29 is 4.79 Å². The molecule has 1 rings (SSSR count). The fourth-order valence-electron chi connectivity index (χ4n) is 0.977. The highest BCUT2D eigenvalue weighted by Gasteiger charge is 2.10. The molecule has 0 aromatic rings. The summed E-state index contributed by atoms with van der Waals surface area (Å²) in [5, 5.41) is 0. The molecule has 1 fully saturated rings. The third kappa shape index (κ3) is 1.34. The van der Waals surface area contributed by atoms with E-state index >= 15 is 0 Å². The highest BCUT2D eigenvalue weighted by Crippen LogP contribution is 2.03. The average Bonchev–Trinajstić information content (AvgIpc) is 2.19. The van der Waals surface area contributed by atoms with Gasteiger partial charge >= 0.3 is 0 Å². The van der Waals surface area contributed by atoms with Crippen molar-refractivity contribution in [3.05, 3.63) is 0 Å². The second kappa shape index (κ2) is 2.87. The van der Waals surface area contributed by atoms with Gasteiger partial charge in [-0.1, -0.05) is 0 Å². The lowest BCUT2D eigenvalue weighted by molar-refractivity contribution is 0.540. The van der Waals surface area contributed by atoms with Gasteiger partial charge in [0, 0.05) is 0 Å². The SMILES string of the molecule is O=C[B]N1CCCC1. The molecule has 8 heavy (non-hydrogen) atoms. The Morgan fingerprint density at radius 1 is 1.38 bits per heavy atom. The Hall–Kier alpha value is -0.305. The first-order valence-electron chi connectivity index (χ1n) is 2.96. The van der Waals surface area contributed by atoms with Gasteiger partial charge in [0.2, 0.25) is 0 Å². The van der Waals surface area contributed by atoms with Crippen molar-refractivity contribution in [3.63, 3.8) is 0 Å². The van der Waals surface area contributed by atoms with Crippen molar-refractivity contribution in [2.45, 2.75) is 12.8 Å². The van der Waals surface area contributed by atoms with Crippen LogP contribution in [0.25, 0.3) is 0 Å². The molecule has 0 bridgehead atoms. The van der Waals surface area contributed by atoms with E-state index in [1.165, 1.54) is 12.8 Å². The van der Waals surface area contributed by atoms with Crippen LogP contribution in [0.3, 0.4) is 0 Å². The van der Waals surface area contributed by atoms with E-state index in [1.807, 2.05) is 4.81 Å². The van der Waals surface area contributed by atoms with E-state index in [0.29, 0.717) is 0 Å². The second-order valence-corrected chi connectivity index (χ2v) is 2.03.